The number of hydrogen-bond donors (Lipinski definition) is 0. The fraction of sp³-hybridized carbons (Fsp3) is 1.00. The van der Waals surface area contributed by atoms with Crippen molar-refractivity contribution >= 4 is 7.80 Å². The smallest absolute Gasteiger partial charge is 0.0735 e. The Kier molecular flexibility index (Phi) is 2.67. The van der Waals surface area contributed by atoms with Gasteiger partial charge in [0.2, 0.25) is 0 Å². The molecule has 0 heterocycles. The lowest BCUT2D eigenvalue weighted by Gasteiger charge is -2.72. The molecule has 0 radical (unpaired) electrons. The maximum atomic E-state index is 15.0. The van der Waals surface area contributed by atoms with Crippen LogP contribution in [-0.2, 0) is 4.57 Å². The van der Waals surface area contributed by atoms with Crippen molar-refractivity contribution in [2.75, 3.05) is 0 Å². The minimum absolute atomic E-state index is 0.311. The van der Waals surface area contributed by atoms with Gasteiger partial charge in [-0.3, -0.25) is 0 Å². The van der Waals surface area contributed by atoms with E-state index < -0.39 is 7.80 Å². The normalized spacial score (nSPS) is 74.1. The second-order valence-electron chi connectivity index (χ2n) is 15.1. The largest absolute Gasteiger partial charge is 0.351 e. The predicted molar refractivity (Wildman–Crippen MR) is 117 cm³/mol. The molecular weight excluding hydrogens is 383 g/mol. The van der Waals surface area contributed by atoms with E-state index in [1.54, 1.807) is 38.5 Å². The molecule has 0 amide bonds. The topological polar surface area (TPSA) is 17.1 Å². The highest BCUT2D eigenvalue weighted by Crippen LogP contribution is 2.82. The third-order valence-electron chi connectivity index (χ3n) is 14.8. The monoisotopic (exact) mass is 421 g/mol. The van der Waals surface area contributed by atoms with Gasteiger partial charge in [-0.05, 0) is 121 Å². The zero-order valence-corrected chi connectivity index (χ0v) is 19.3. The Morgan fingerprint density at radius 2 is 0.633 bits per heavy atom. The Hall–Kier alpha value is 0.100. The van der Waals surface area contributed by atoms with Crippen molar-refractivity contribution in [2.24, 2.45) is 82.9 Å². The van der Waals surface area contributed by atoms with Gasteiger partial charge in [-0.2, -0.15) is 0 Å². The Bertz CT molecular complexity index is 698. The molecule has 0 aromatic heterocycles. The molecule has 0 atom stereocenters. The summed E-state index contributed by atoms with van der Waals surface area (Å²) in [6.07, 6.45) is 18.0. The Morgan fingerprint density at radius 1 is 0.400 bits per heavy atom. The second kappa shape index (κ2) is 4.81. The molecule has 2 heteroatoms. The SMILES string of the molecule is O=[P+](C12CC3C4CC5CC3C(C1)C(C5)C4C2)C12CC3C4CC5CC3C(C1)C(C5)C4C2. The van der Waals surface area contributed by atoms with Gasteiger partial charge in [0.05, 0.1) is 0 Å². The maximum absolute atomic E-state index is 15.0. The molecular formula is C28H38OP+. The molecule has 30 heavy (non-hydrogen) atoms. The van der Waals surface area contributed by atoms with Crippen molar-refractivity contribution in [3.8, 4) is 0 Å². The molecule has 0 aromatic carbocycles. The van der Waals surface area contributed by atoms with Crippen molar-refractivity contribution in [2.45, 2.75) is 87.4 Å². The fourth-order valence-electron chi connectivity index (χ4n) is 14.7. The Labute approximate surface area is 182 Å². The Morgan fingerprint density at radius 3 is 0.867 bits per heavy atom. The molecule has 160 valence electrons. The first-order valence-electron chi connectivity index (χ1n) is 14.1. The van der Waals surface area contributed by atoms with Gasteiger partial charge < -0.3 is 0 Å². The lowest BCUT2D eigenvalue weighted by Crippen LogP contribution is -2.69. The average molecular weight is 422 g/mol. The van der Waals surface area contributed by atoms with Crippen LogP contribution in [0, 0.1) is 82.9 Å². The lowest BCUT2D eigenvalue weighted by molar-refractivity contribution is -0.203. The van der Waals surface area contributed by atoms with Crippen LogP contribution in [0.15, 0.2) is 0 Å². The molecule has 14 rings (SSSR count). The summed E-state index contributed by atoms with van der Waals surface area (Å²) in [5, 5.41) is 0.623. The van der Waals surface area contributed by atoms with Crippen molar-refractivity contribution < 1.29 is 4.57 Å². The maximum Gasteiger partial charge on any atom is 0.351 e. The summed E-state index contributed by atoms with van der Waals surface area (Å²) >= 11 is 0. The van der Waals surface area contributed by atoms with Gasteiger partial charge in [-0.15, -0.1) is 0 Å². The van der Waals surface area contributed by atoms with Crippen molar-refractivity contribution in [1.29, 1.82) is 0 Å². The third-order valence-corrected chi connectivity index (χ3v) is 17.6. The molecule has 14 aliphatic rings. The van der Waals surface area contributed by atoms with E-state index in [2.05, 4.69) is 0 Å². The van der Waals surface area contributed by atoms with Gasteiger partial charge in [-0.25, -0.2) is 0 Å². The summed E-state index contributed by atoms with van der Waals surface area (Å²) in [5.74, 6) is 14.7. The van der Waals surface area contributed by atoms with E-state index in [4.69, 9.17) is 0 Å². The van der Waals surface area contributed by atoms with Crippen LogP contribution in [0.3, 0.4) is 0 Å². The summed E-state index contributed by atoms with van der Waals surface area (Å²) in [6.45, 7) is 0. The molecule has 0 aromatic rings. The molecule has 14 aliphatic carbocycles. The average Bonchev–Trinajstić information content (AvgIpc) is 2.79. The van der Waals surface area contributed by atoms with Crippen LogP contribution < -0.4 is 0 Å². The van der Waals surface area contributed by atoms with Crippen molar-refractivity contribution in [3.63, 3.8) is 0 Å². The van der Waals surface area contributed by atoms with Crippen LogP contribution in [0.2, 0.25) is 0 Å². The molecule has 1 nitrogen and oxygen atoms in total. The number of rotatable bonds is 2. The highest BCUT2D eigenvalue weighted by atomic mass is 31.1. The van der Waals surface area contributed by atoms with Gasteiger partial charge in [0, 0.05) is 38.5 Å². The van der Waals surface area contributed by atoms with Gasteiger partial charge in [0.1, 0.15) is 0 Å². The Balaban J connectivity index is 1.06. The molecule has 0 aliphatic heterocycles. The van der Waals surface area contributed by atoms with E-state index in [9.17, 15) is 4.57 Å². The van der Waals surface area contributed by atoms with E-state index in [1.165, 1.54) is 38.5 Å². The lowest BCUT2D eigenvalue weighted by atomic mass is 9.35. The molecule has 14 saturated carbocycles. The van der Waals surface area contributed by atoms with Crippen LogP contribution in [0.25, 0.3) is 0 Å². The molecule has 16 bridgehead atoms. The van der Waals surface area contributed by atoms with Gasteiger partial charge >= 0.3 is 7.80 Å². The quantitative estimate of drug-likeness (QED) is 0.452. The zero-order chi connectivity index (χ0) is 19.1. The minimum atomic E-state index is -1.02. The number of hydrogen-bond acceptors (Lipinski definition) is 1. The molecule has 14 fully saturated rings. The second-order valence-corrected chi connectivity index (χ2v) is 17.6. The molecule has 0 saturated heterocycles. The van der Waals surface area contributed by atoms with Gasteiger partial charge in [-0.1, -0.05) is 4.57 Å². The van der Waals surface area contributed by atoms with E-state index in [0.29, 0.717) is 10.3 Å². The van der Waals surface area contributed by atoms with Crippen LogP contribution >= 0.6 is 7.80 Å². The standard InChI is InChI=1S/C28H38OP/c29-30(27-7-21-15-1-13-2-16(21)23(9-27)17(3-13)22(15)8-27)28-10-24-18-4-14-5-19(24)26(12-28)20(6-14)25(18)11-28/h13-26H,1-12H2/q+1. The molecule has 0 N–H and O–H groups in total. The van der Waals surface area contributed by atoms with Crippen LogP contribution in [0.5, 0.6) is 0 Å². The molecule has 0 unspecified atom stereocenters. The summed E-state index contributed by atoms with van der Waals surface area (Å²) in [4.78, 5) is 0. The summed E-state index contributed by atoms with van der Waals surface area (Å²) in [6, 6.07) is 0. The van der Waals surface area contributed by atoms with E-state index in [0.717, 1.165) is 82.9 Å². The first-order valence-corrected chi connectivity index (χ1v) is 15.4. The highest BCUT2D eigenvalue weighted by molar-refractivity contribution is 7.48. The van der Waals surface area contributed by atoms with Crippen LogP contribution in [-0.4, -0.2) is 10.3 Å². The zero-order valence-electron chi connectivity index (χ0n) is 18.4. The van der Waals surface area contributed by atoms with E-state index in [1.807, 2.05) is 0 Å². The van der Waals surface area contributed by atoms with Crippen LogP contribution in [0.1, 0.15) is 77.0 Å². The van der Waals surface area contributed by atoms with E-state index >= 15 is 0 Å². The third kappa shape index (κ3) is 1.59. The first kappa shape index (κ1) is 16.7. The summed E-state index contributed by atoms with van der Waals surface area (Å²) in [7, 11) is -1.02. The van der Waals surface area contributed by atoms with Crippen molar-refractivity contribution in [3.05, 3.63) is 0 Å². The summed E-state index contributed by atoms with van der Waals surface area (Å²) in [5.41, 5.74) is 0. The highest BCUT2D eigenvalue weighted by Gasteiger charge is 2.79. The van der Waals surface area contributed by atoms with Gasteiger partial charge in [0.15, 0.2) is 10.3 Å². The fourth-order valence-corrected chi connectivity index (χ4v) is 18.0. The van der Waals surface area contributed by atoms with Crippen LogP contribution in [0.4, 0.5) is 0 Å². The molecule has 0 spiro atoms. The van der Waals surface area contributed by atoms with Crippen molar-refractivity contribution in [1.82, 2.24) is 0 Å². The van der Waals surface area contributed by atoms with E-state index in [-0.39, 0.29) is 0 Å². The summed E-state index contributed by atoms with van der Waals surface area (Å²) < 4.78 is 15.0. The minimum Gasteiger partial charge on any atom is -0.0735 e. The van der Waals surface area contributed by atoms with Gasteiger partial charge in [0.25, 0.3) is 0 Å². The predicted octanol–water partition coefficient (Wildman–Crippen LogP) is 6.74. The first-order chi connectivity index (χ1) is 14.6.